The largest absolute Gasteiger partial charge is 0.456 e. The van der Waals surface area contributed by atoms with Crippen molar-refractivity contribution in [2.45, 2.75) is 0 Å². The minimum absolute atomic E-state index is 0.217. The van der Waals surface area contributed by atoms with Crippen molar-refractivity contribution in [1.82, 2.24) is 0 Å². The van der Waals surface area contributed by atoms with Crippen LogP contribution in [-0.2, 0) is 0 Å². The third-order valence-electron chi connectivity index (χ3n) is 2.41. The summed E-state index contributed by atoms with van der Waals surface area (Å²) >= 11 is 28.7. The average Bonchev–Trinajstić information content (AvgIpc) is 2.35. The summed E-state index contributed by atoms with van der Waals surface area (Å²) in [5.74, 6) is 0.857. The number of hydrogen-bond donors (Lipinski definition) is 1. The molecule has 2 aromatic rings. The maximum Gasteiger partial charge on any atom is 0.147 e. The molecule has 2 nitrogen and oxygen atoms in total. The highest BCUT2D eigenvalue weighted by atomic mass is 35.5. The number of ether oxygens (including phenoxy) is 1. The predicted octanol–water partition coefficient (Wildman–Crippen LogP) is 5.73. The molecule has 0 radical (unpaired) electrons. The zero-order valence-corrected chi connectivity index (χ0v) is 13.6. The van der Waals surface area contributed by atoms with Crippen LogP contribution in [0.25, 0.3) is 0 Å². The molecule has 0 aliphatic rings. The van der Waals surface area contributed by atoms with Crippen LogP contribution in [0.2, 0.25) is 20.1 Å². The highest BCUT2D eigenvalue weighted by Gasteiger charge is 2.10. The van der Waals surface area contributed by atoms with Gasteiger partial charge in [0.1, 0.15) is 16.5 Å². The van der Waals surface area contributed by atoms with E-state index in [0.717, 1.165) is 0 Å². The summed E-state index contributed by atoms with van der Waals surface area (Å²) in [5.41, 5.74) is 6.11. The minimum atomic E-state index is 0.217. The first kappa shape index (κ1) is 15.7. The predicted molar refractivity (Wildman–Crippen MR) is 88.9 cm³/mol. The van der Waals surface area contributed by atoms with Crippen LogP contribution in [0.4, 0.5) is 0 Å². The molecule has 7 heteroatoms. The van der Waals surface area contributed by atoms with Crippen LogP contribution in [0.15, 0.2) is 30.3 Å². The first-order chi connectivity index (χ1) is 9.38. The van der Waals surface area contributed by atoms with E-state index in [1.165, 1.54) is 12.1 Å². The molecule has 0 aromatic heterocycles. The molecule has 20 heavy (non-hydrogen) atoms. The Morgan fingerprint density at radius 3 is 2.15 bits per heavy atom. The second kappa shape index (κ2) is 6.37. The van der Waals surface area contributed by atoms with Crippen molar-refractivity contribution in [2.24, 2.45) is 5.73 Å². The molecule has 0 amide bonds. The topological polar surface area (TPSA) is 35.2 Å². The summed E-state index contributed by atoms with van der Waals surface area (Å²) in [6.07, 6.45) is 0. The maximum absolute atomic E-state index is 6.06. The minimum Gasteiger partial charge on any atom is -0.456 e. The van der Waals surface area contributed by atoms with E-state index in [4.69, 9.17) is 69.1 Å². The fourth-order valence-corrected chi connectivity index (χ4v) is 2.55. The van der Waals surface area contributed by atoms with Crippen LogP contribution in [0, 0.1) is 0 Å². The van der Waals surface area contributed by atoms with Crippen molar-refractivity contribution in [3.8, 4) is 11.5 Å². The molecule has 0 saturated carbocycles. The Morgan fingerprint density at radius 2 is 1.55 bits per heavy atom. The van der Waals surface area contributed by atoms with Gasteiger partial charge in [-0.2, -0.15) is 0 Å². The summed E-state index contributed by atoms with van der Waals surface area (Å²) in [6, 6.07) is 7.98. The first-order valence-corrected chi connectivity index (χ1v) is 7.22. The third-order valence-corrected chi connectivity index (χ3v) is 3.96. The number of benzene rings is 2. The quantitative estimate of drug-likeness (QED) is 0.556. The molecule has 2 N–H and O–H groups in total. The molecule has 0 bridgehead atoms. The number of halogens is 4. The molecule has 0 saturated heterocycles. The van der Waals surface area contributed by atoms with Gasteiger partial charge in [0.05, 0.1) is 20.1 Å². The van der Waals surface area contributed by atoms with Gasteiger partial charge in [0, 0.05) is 17.7 Å². The van der Waals surface area contributed by atoms with Crippen molar-refractivity contribution in [3.63, 3.8) is 0 Å². The molecule has 0 fully saturated rings. The molecular formula is C13H7Cl4NOS. The Balaban J connectivity index is 2.33. The van der Waals surface area contributed by atoms with E-state index in [-0.39, 0.29) is 4.99 Å². The van der Waals surface area contributed by atoms with Crippen LogP contribution in [0.3, 0.4) is 0 Å². The molecule has 2 aromatic carbocycles. The van der Waals surface area contributed by atoms with E-state index in [1.54, 1.807) is 18.2 Å². The highest BCUT2D eigenvalue weighted by Crippen LogP contribution is 2.37. The Bertz CT molecular complexity index is 690. The molecule has 0 spiro atoms. The van der Waals surface area contributed by atoms with Crippen molar-refractivity contribution in [1.29, 1.82) is 0 Å². The lowest BCUT2D eigenvalue weighted by atomic mass is 10.2. The van der Waals surface area contributed by atoms with Crippen molar-refractivity contribution < 1.29 is 4.74 Å². The zero-order chi connectivity index (χ0) is 14.9. The summed E-state index contributed by atoms with van der Waals surface area (Å²) < 4.78 is 5.62. The van der Waals surface area contributed by atoms with E-state index in [0.29, 0.717) is 37.2 Å². The van der Waals surface area contributed by atoms with Crippen LogP contribution in [0.5, 0.6) is 11.5 Å². The molecular weight excluding hydrogens is 360 g/mol. The van der Waals surface area contributed by atoms with Gasteiger partial charge in [-0.3, -0.25) is 0 Å². The highest BCUT2D eigenvalue weighted by molar-refractivity contribution is 7.80. The Kier molecular flexibility index (Phi) is 4.99. The molecule has 0 aliphatic carbocycles. The van der Waals surface area contributed by atoms with Gasteiger partial charge >= 0.3 is 0 Å². The molecule has 0 aliphatic heterocycles. The van der Waals surface area contributed by atoms with Crippen molar-refractivity contribution in [2.75, 3.05) is 0 Å². The third kappa shape index (κ3) is 3.48. The van der Waals surface area contributed by atoms with Gasteiger partial charge in [-0.05, 0) is 18.2 Å². The second-order valence-corrected chi connectivity index (χ2v) is 5.87. The van der Waals surface area contributed by atoms with Gasteiger partial charge in [-0.25, -0.2) is 0 Å². The first-order valence-electron chi connectivity index (χ1n) is 5.30. The number of rotatable bonds is 3. The van der Waals surface area contributed by atoms with Gasteiger partial charge in [-0.15, -0.1) is 0 Å². The SMILES string of the molecule is NC(=S)c1ccc(Oc2cc(Cl)c(Cl)cc2Cl)cc1Cl. The molecule has 0 atom stereocenters. The molecule has 2 rings (SSSR count). The van der Waals surface area contributed by atoms with Crippen LogP contribution in [0.1, 0.15) is 5.56 Å². The smallest absolute Gasteiger partial charge is 0.147 e. The van der Waals surface area contributed by atoms with E-state index in [2.05, 4.69) is 0 Å². The van der Waals surface area contributed by atoms with Gasteiger partial charge in [0.15, 0.2) is 0 Å². The van der Waals surface area contributed by atoms with E-state index >= 15 is 0 Å². The van der Waals surface area contributed by atoms with Crippen LogP contribution >= 0.6 is 58.6 Å². The van der Waals surface area contributed by atoms with E-state index in [1.807, 2.05) is 0 Å². The fraction of sp³-hybridized carbons (Fsp3) is 0. The average molecular weight is 367 g/mol. The maximum atomic E-state index is 6.06. The summed E-state index contributed by atoms with van der Waals surface area (Å²) in [4.78, 5) is 0.217. The zero-order valence-electron chi connectivity index (χ0n) is 9.79. The summed E-state index contributed by atoms with van der Waals surface area (Å²) in [5, 5.41) is 1.43. The van der Waals surface area contributed by atoms with Gasteiger partial charge in [-0.1, -0.05) is 58.6 Å². The molecule has 0 unspecified atom stereocenters. The monoisotopic (exact) mass is 365 g/mol. The lowest BCUT2D eigenvalue weighted by Crippen LogP contribution is -2.09. The van der Waals surface area contributed by atoms with Gasteiger partial charge in [0.2, 0.25) is 0 Å². The second-order valence-electron chi connectivity index (χ2n) is 3.80. The van der Waals surface area contributed by atoms with Crippen molar-refractivity contribution >= 4 is 63.6 Å². The van der Waals surface area contributed by atoms with Gasteiger partial charge < -0.3 is 10.5 Å². The number of nitrogens with two attached hydrogens (primary N) is 1. The normalized spacial score (nSPS) is 10.4. The van der Waals surface area contributed by atoms with E-state index < -0.39 is 0 Å². The Morgan fingerprint density at radius 1 is 0.900 bits per heavy atom. The standard InChI is InChI=1S/C13H7Cl4NOS/c14-8-3-6(1-2-7(8)13(18)20)19-12-5-10(16)9(15)4-11(12)17/h1-5H,(H2,18,20). The lowest BCUT2D eigenvalue weighted by molar-refractivity contribution is 0.483. The fourth-order valence-electron chi connectivity index (χ4n) is 1.47. The summed E-state index contributed by atoms with van der Waals surface area (Å²) in [7, 11) is 0. The van der Waals surface area contributed by atoms with Crippen LogP contribution < -0.4 is 10.5 Å². The number of hydrogen-bond acceptors (Lipinski definition) is 2. The lowest BCUT2D eigenvalue weighted by Gasteiger charge is -2.10. The molecule has 0 heterocycles. The van der Waals surface area contributed by atoms with E-state index in [9.17, 15) is 0 Å². The molecule has 104 valence electrons. The van der Waals surface area contributed by atoms with Crippen molar-refractivity contribution in [3.05, 3.63) is 56.0 Å². The summed E-state index contributed by atoms with van der Waals surface area (Å²) in [6.45, 7) is 0. The Labute approximate surface area is 141 Å². The number of thiocarbonyl (C=S) groups is 1. The van der Waals surface area contributed by atoms with Gasteiger partial charge in [0.25, 0.3) is 0 Å². The Hall–Kier alpha value is -0.710. The van der Waals surface area contributed by atoms with Crippen LogP contribution in [-0.4, -0.2) is 4.99 Å².